The van der Waals surface area contributed by atoms with E-state index < -0.39 is 0 Å². The summed E-state index contributed by atoms with van der Waals surface area (Å²) in [5, 5.41) is 3.34. The van der Waals surface area contributed by atoms with Gasteiger partial charge < -0.3 is 10.2 Å². The Morgan fingerprint density at radius 2 is 2.19 bits per heavy atom. The molecule has 1 aromatic rings. The molecule has 2 heterocycles. The Kier molecular flexibility index (Phi) is 6.02. The second kappa shape index (κ2) is 7.56. The highest BCUT2D eigenvalue weighted by molar-refractivity contribution is 9.10. The number of likely N-dealkylation sites (tertiary alicyclic amines) is 1. The van der Waals surface area contributed by atoms with Crippen LogP contribution in [0.3, 0.4) is 0 Å². The molecule has 1 N–H and O–H groups in total. The topological polar surface area (TPSA) is 45.2 Å². The average Bonchev–Trinajstić information content (AvgIpc) is 2.47. The van der Waals surface area contributed by atoms with Gasteiger partial charge in [0.15, 0.2) is 0 Å². The van der Waals surface area contributed by atoms with Crippen molar-refractivity contribution >= 4 is 33.4 Å². The summed E-state index contributed by atoms with van der Waals surface area (Å²) in [5.74, 6) is 0.657. The van der Waals surface area contributed by atoms with E-state index in [4.69, 9.17) is 11.6 Å². The van der Waals surface area contributed by atoms with E-state index in [0.717, 1.165) is 31.2 Å². The maximum atomic E-state index is 12.1. The Morgan fingerprint density at radius 1 is 1.52 bits per heavy atom. The lowest BCUT2D eigenvalue weighted by molar-refractivity contribution is 0.0944. The Labute approximate surface area is 139 Å². The predicted octanol–water partition coefficient (Wildman–Crippen LogP) is 3.27. The van der Waals surface area contributed by atoms with Crippen LogP contribution in [0.2, 0.25) is 5.02 Å². The van der Waals surface area contributed by atoms with Gasteiger partial charge in [0.1, 0.15) is 0 Å². The van der Waals surface area contributed by atoms with Crippen molar-refractivity contribution in [2.75, 3.05) is 26.2 Å². The average molecular weight is 375 g/mol. The summed E-state index contributed by atoms with van der Waals surface area (Å²) in [6.45, 7) is 7.90. The minimum atomic E-state index is -0.168. The van der Waals surface area contributed by atoms with Crippen LogP contribution in [0.4, 0.5) is 0 Å². The molecule has 1 aromatic heterocycles. The van der Waals surface area contributed by atoms with E-state index in [2.05, 4.69) is 38.1 Å². The van der Waals surface area contributed by atoms with E-state index in [1.807, 2.05) is 6.92 Å². The maximum absolute atomic E-state index is 12.1. The summed E-state index contributed by atoms with van der Waals surface area (Å²) in [6.07, 6.45) is 4.02. The Morgan fingerprint density at radius 3 is 2.86 bits per heavy atom. The lowest BCUT2D eigenvalue weighted by Crippen LogP contribution is -2.39. The van der Waals surface area contributed by atoms with Gasteiger partial charge in [0.25, 0.3) is 5.91 Å². The van der Waals surface area contributed by atoms with Crippen LogP contribution in [0.25, 0.3) is 0 Å². The summed E-state index contributed by atoms with van der Waals surface area (Å²) >= 11 is 9.53. The summed E-state index contributed by atoms with van der Waals surface area (Å²) in [7, 11) is 0. The van der Waals surface area contributed by atoms with Crippen molar-refractivity contribution in [2.45, 2.75) is 26.7 Å². The summed E-state index contributed by atoms with van der Waals surface area (Å²) in [6, 6.07) is 0. The zero-order valence-electron chi connectivity index (χ0n) is 12.5. The van der Waals surface area contributed by atoms with E-state index in [9.17, 15) is 4.79 Å². The SMILES string of the molecule is Cc1ncc(C(=O)NCCN2CCC(C)CC2)c(Cl)c1Br. The van der Waals surface area contributed by atoms with E-state index >= 15 is 0 Å². The van der Waals surface area contributed by atoms with Crippen molar-refractivity contribution < 1.29 is 4.79 Å². The molecule has 21 heavy (non-hydrogen) atoms. The minimum absolute atomic E-state index is 0.168. The van der Waals surface area contributed by atoms with Crippen LogP contribution in [0.5, 0.6) is 0 Å². The van der Waals surface area contributed by atoms with Crippen molar-refractivity contribution in [3.63, 3.8) is 0 Å². The van der Waals surface area contributed by atoms with E-state index in [1.165, 1.54) is 19.0 Å². The molecule has 0 aliphatic carbocycles. The Bertz CT molecular complexity index is 516. The first-order valence-corrected chi connectivity index (χ1v) is 8.47. The number of hydrogen-bond acceptors (Lipinski definition) is 3. The third kappa shape index (κ3) is 4.41. The normalized spacial score (nSPS) is 17.0. The smallest absolute Gasteiger partial charge is 0.254 e. The van der Waals surface area contributed by atoms with Crippen LogP contribution >= 0.6 is 27.5 Å². The summed E-state index contributed by atoms with van der Waals surface area (Å²) in [5.41, 5.74) is 1.19. The first-order chi connectivity index (χ1) is 9.99. The number of piperidine rings is 1. The third-order valence-corrected chi connectivity index (χ3v) is 5.56. The monoisotopic (exact) mass is 373 g/mol. The predicted molar refractivity (Wildman–Crippen MR) is 88.9 cm³/mol. The lowest BCUT2D eigenvalue weighted by Gasteiger charge is -2.30. The fraction of sp³-hybridized carbons (Fsp3) is 0.600. The molecule has 0 atom stereocenters. The van der Waals surface area contributed by atoms with Crippen LogP contribution in [0.1, 0.15) is 35.8 Å². The molecule has 0 bridgehead atoms. The van der Waals surface area contributed by atoms with Crippen LogP contribution in [-0.2, 0) is 0 Å². The molecular formula is C15H21BrClN3O. The van der Waals surface area contributed by atoms with Gasteiger partial charge in [0, 0.05) is 19.3 Å². The number of aromatic nitrogens is 1. The van der Waals surface area contributed by atoms with Crippen LogP contribution in [-0.4, -0.2) is 42.0 Å². The van der Waals surface area contributed by atoms with Gasteiger partial charge in [-0.2, -0.15) is 0 Å². The molecule has 116 valence electrons. The number of rotatable bonds is 4. The van der Waals surface area contributed by atoms with Crippen LogP contribution in [0, 0.1) is 12.8 Å². The quantitative estimate of drug-likeness (QED) is 0.880. The summed E-state index contributed by atoms with van der Waals surface area (Å²) in [4.78, 5) is 18.7. The van der Waals surface area contributed by atoms with Crippen LogP contribution < -0.4 is 5.32 Å². The minimum Gasteiger partial charge on any atom is -0.351 e. The molecule has 0 saturated carbocycles. The summed E-state index contributed by atoms with van der Waals surface area (Å²) < 4.78 is 0.682. The largest absolute Gasteiger partial charge is 0.351 e. The Hall–Kier alpha value is -0.650. The highest BCUT2D eigenvalue weighted by Crippen LogP contribution is 2.27. The molecule has 6 heteroatoms. The van der Waals surface area contributed by atoms with Gasteiger partial charge in [0.2, 0.25) is 0 Å². The standard InChI is InChI=1S/C15H21BrClN3O/c1-10-3-6-20(7-4-10)8-5-18-15(21)12-9-19-11(2)13(16)14(12)17/h9-10H,3-8H2,1-2H3,(H,18,21). The second-order valence-corrected chi connectivity index (χ2v) is 6.84. The van der Waals surface area contributed by atoms with Gasteiger partial charge in [-0.3, -0.25) is 9.78 Å². The highest BCUT2D eigenvalue weighted by Gasteiger charge is 2.17. The molecule has 4 nitrogen and oxygen atoms in total. The maximum Gasteiger partial charge on any atom is 0.254 e. The van der Waals surface area contributed by atoms with Gasteiger partial charge in [0.05, 0.1) is 20.8 Å². The Balaban J connectivity index is 1.84. The van der Waals surface area contributed by atoms with E-state index in [0.29, 0.717) is 21.6 Å². The highest BCUT2D eigenvalue weighted by atomic mass is 79.9. The number of hydrogen-bond donors (Lipinski definition) is 1. The molecule has 0 spiro atoms. The molecule has 0 unspecified atom stereocenters. The number of carbonyl (C=O) groups excluding carboxylic acids is 1. The van der Waals surface area contributed by atoms with E-state index in [-0.39, 0.29) is 5.91 Å². The van der Waals surface area contributed by atoms with Crippen molar-refractivity contribution in [3.8, 4) is 0 Å². The van der Waals surface area contributed by atoms with Crippen LogP contribution in [0.15, 0.2) is 10.7 Å². The van der Waals surface area contributed by atoms with Gasteiger partial charge in [-0.1, -0.05) is 18.5 Å². The number of aryl methyl sites for hydroxylation is 1. The number of carbonyl (C=O) groups is 1. The van der Waals surface area contributed by atoms with Gasteiger partial charge in [-0.15, -0.1) is 0 Å². The molecule has 1 aliphatic heterocycles. The van der Waals surface area contributed by atoms with Crippen molar-refractivity contribution in [1.82, 2.24) is 15.2 Å². The zero-order valence-corrected chi connectivity index (χ0v) is 14.8. The number of halogens is 2. The van der Waals surface area contributed by atoms with Gasteiger partial charge >= 0.3 is 0 Å². The second-order valence-electron chi connectivity index (χ2n) is 5.67. The van der Waals surface area contributed by atoms with E-state index in [1.54, 1.807) is 0 Å². The number of nitrogens with zero attached hydrogens (tertiary/aromatic N) is 2. The molecule has 0 aromatic carbocycles. The lowest BCUT2D eigenvalue weighted by atomic mass is 9.99. The first kappa shape index (κ1) is 16.7. The van der Waals surface area contributed by atoms with Gasteiger partial charge in [-0.05, 0) is 54.7 Å². The van der Waals surface area contributed by atoms with Crippen molar-refractivity contribution in [1.29, 1.82) is 0 Å². The van der Waals surface area contributed by atoms with Crippen molar-refractivity contribution in [3.05, 3.63) is 26.9 Å². The zero-order chi connectivity index (χ0) is 15.4. The molecule has 1 saturated heterocycles. The molecule has 0 radical (unpaired) electrons. The van der Waals surface area contributed by atoms with Crippen molar-refractivity contribution in [2.24, 2.45) is 5.92 Å². The molecule has 1 fully saturated rings. The molecule has 1 aliphatic rings. The number of nitrogens with one attached hydrogen (secondary N) is 1. The fourth-order valence-electron chi connectivity index (χ4n) is 2.42. The number of amides is 1. The molecule has 1 amide bonds. The van der Waals surface area contributed by atoms with Gasteiger partial charge in [-0.25, -0.2) is 0 Å². The first-order valence-electron chi connectivity index (χ1n) is 7.30. The third-order valence-electron chi connectivity index (χ3n) is 3.97. The molecule has 2 rings (SSSR count). The molecular weight excluding hydrogens is 354 g/mol. The number of pyridine rings is 1. The fourth-order valence-corrected chi connectivity index (χ4v) is 3.01.